The van der Waals surface area contributed by atoms with Crippen LogP contribution in [0.5, 0.6) is 0 Å². The first-order valence-corrected chi connectivity index (χ1v) is 9.32. The molecule has 2 unspecified atom stereocenters. The van der Waals surface area contributed by atoms with E-state index in [1.807, 2.05) is 32.9 Å². The maximum atomic E-state index is 12.4. The number of carbonyl (C=O) groups excluding carboxylic acids is 1. The third-order valence-corrected chi connectivity index (χ3v) is 5.95. The van der Waals surface area contributed by atoms with Gasteiger partial charge in [0.1, 0.15) is 17.6 Å². The number of nitrogens with one attached hydrogen (secondary N) is 1. The zero-order valence-electron chi connectivity index (χ0n) is 13.3. The Bertz CT molecular complexity index is 623. The molecular weight excluding hydrogens is 304 g/mol. The highest BCUT2D eigenvalue weighted by Crippen LogP contribution is 2.23. The van der Waals surface area contributed by atoms with Gasteiger partial charge in [0.05, 0.1) is 11.8 Å². The van der Waals surface area contributed by atoms with Crippen molar-refractivity contribution in [2.75, 3.05) is 12.3 Å². The summed E-state index contributed by atoms with van der Waals surface area (Å²) in [4.78, 5) is 12.4. The van der Waals surface area contributed by atoms with Gasteiger partial charge in [0, 0.05) is 6.54 Å². The van der Waals surface area contributed by atoms with E-state index in [2.05, 4.69) is 5.32 Å². The third-order valence-electron chi connectivity index (χ3n) is 3.87. The van der Waals surface area contributed by atoms with Crippen LogP contribution < -0.4 is 5.32 Å². The van der Waals surface area contributed by atoms with Crippen molar-refractivity contribution in [2.45, 2.75) is 52.1 Å². The van der Waals surface area contributed by atoms with Crippen LogP contribution in [0.2, 0.25) is 0 Å². The van der Waals surface area contributed by atoms with Crippen molar-refractivity contribution in [2.24, 2.45) is 0 Å². The van der Waals surface area contributed by atoms with E-state index in [1.54, 1.807) is 0 Å². The summed E-state index contributed by atoms with van der Waals surface area (Å²) in [5, 5.41) is 2.86. The minimum atomic E-state index is -3.35. The van der Waals surface area contributed by atoms with Crippen LogP contribution in [-0.2, 0) is 14.8 Å². The maximum absolute atomic E-state index is 12.4. The molecule has 0 spiro atoms. The summed E-state index contributed by atoms with van der Waals surface area (Å²) in [6, 6.07) is 2.78. The quantitative estimate of drug-likeness (QED) is 0.866. The standard InChI is InChI=1S/C15H24N2O4S/c1-4-10-22(19,20)17-9-5-6-13(17)15(18)16-12(3)14-8-7-11(2)21-14/h7-8,12-13H,4-6,9-10H2,1-3H3,(H,16,18). The molecule has 2 heterocycles. The molecule has 0 aromatic carbocycles. The molecule has 22 heavy (non-hydrogen) atoms. The van der Waals surface area contributed by atoms with Crippen LogP contribution in [0.1, 0.15) is 50.7 Å². The van der Waals surface area contributed by atoms with Gasteiger partial charge in [-0.2, -0.15) is 4.31 Å². The van der Waals surface area contributed by atoms with Gasteiger partial charge in [0.15, 0.2) is 0 Å². The Morgan fingerprint density at radius 1 is 1.50 bits per heavy atom. The number of nitrogens with zero attached hydrogens (tertiary/aromatic N) is 1. The molecule has 0 aliphatic carbocycles. The number of rotatable bonds is 6. The third kappa shape index (κ3) is 3.70. The van der Waals surface area contributed by atoms with Crippen molar-refractivity contribution in [3.05, 3.63) is 23.7 Å². The van der Waals surface area contributed by atoms with Crippen LogP contribution in [-0.4, -0.2) is 37.0 Å². The molecule has 2 rings (SSSR count). The van der Waals surface area contributed by atoms with Gasteiger partial charge < -0.3 is 9.73 Å². The van der Waals surface area contributed by atoms with Gasteiger partial charge in [0.2, 0.25) is 15.9 Å². The number of carbonyl (C=O) groups is 1. The fraction of sp³-hybridized carbons (Fsp3) is 0.667. The summed E-state index contributed by atoms with van der Waals surface area (Å²) < 4.78 is 31.3. The zero-order chi connectivity index (χ0) is 16.3. The summed E-state index contributed by atoms with van der Waals surface area (Å²) in [6.45, 7) is 5.92. The van der Waals surface area contributed by atoms with Crippen LogP contribution >= 0.6 is 0 Å². The Hall–Kier alpha value is -1.34. The van der Waals surface area contributed by atoms with Gasteiger partial charge in [-0.15, -0.1) is 0 Å². The molecule has 1 amide bonds. The molecule has 1 aromatic rings. The predicted molar refractivity (Wildman–Crippen MR) is 83.8 cm³/mol. The van der Waals surface area contributed by atoms with Crippen LogP contribution in [0, 0.1) is 6.92 Å². The van der Waals surface area contributed by atoms with Crippen LogP contribution in [0.15, 0.2) is 16.5 Å². The first-order chi connectivity index (χ1) is 10.3. The topological polar surface area (TPSA) is 79.6 Å². The van der Waals surface area contributed by atoms with E-state index in [4.69, 9.17) is 4.42 Å². The predicted octanol–water partition coefficient (Wildman–Crippen LogP) is 1.97. The molecule has 7 heteroatoms. The van der Waals surface area contributed by atoms with E-state index in [0.717, 1.165) is 12.2 Å². The van der Waals surface area contributed by atoms with Crippen molar-refractivity contribution in [3.63, 3.8) is 0 Å². The average Bonchev–Trinajstić information content (AvgIpc) is 3.07. The first kappa shape index (κ1) is 17.0. The Morgan fingerprint density at radius 2 is 2.23 bits per heavy atom. The molecule has 0 bridgehead atoms. The van der Waals surface area contributed by atoms with E-state index in [9.17, 15) is 13.2 Å². The highest BCUT2D eigenvalue weighted by atomic mass is 32.2. The molecule has 6 nitrogen and oxygen atoms in total. The first-order valence-electron chi connectivity index (χ1n) is 7.71. The molecule has 1 aliphatic rings. The highest BCUT2D eigenvalue weighted by molar-refractivity contribution is 7.89. The van der Waals surface area contributed by atoms with Gasteiger partial charge in [-0.3, -0.25) is 4.79 Å². The highest BCUT2D eigenvalue weighted by Gasteiger charge is 2.38. The molecule has 0 saturated carbocycles. The monoisotopic (exact) mass is 328 g/mol. The van der Waals surface area contributed by atoms with Gasteiger partial charge in [-0.05, 0) is 45.2 Å². The minimum absolute atomic E-state index is 0.0870. The number of furan rings is 1. The van der Waals surface area contributed by atoms with Gasteiger partial charge in [-0.1, -0.05) is 6.92 Å². The number of hydrogen-bond donors (Lipinski definition) is 1. The average molecular weight is 328 g/mol. The Kier molecular flexibility index (Phi) is 5.28. The molecule has 0 radical (unpaired) electrons. The van der Waals surface area contributed by atoms with Crippen molar-refractivity contribution in [3.8, 4) is 0 Å². The summed E-state index contributed by atoms with van der Waals surface area (Å²) in [6.07, 6.45) is 1.84. The molecule has 1 saturated heterocycles. The van der Waals surface area contributed by atoms with Gasteiger partial charge in [0.25, 0.3) is 0 Å². The summed E-state index contributed by atoms with van der Waals surface area (Å²) >= 11 is 0. The van der Waals surface area contributed by atoms with Crippen molar-refractivity contribution >= 4 is 15.9 Å². The fourth-order valence-electron chi connectivity index (χ4n) is 2.78. The lowest BCUT2D eigenvalue weighted by molar-refractivity contribution is -0.125. The Labute approximate surface area is 131 Å². The normalized spacial score (nSPS) is 21.0. The van der Waals surface area contributed by atoms with Crippen molar-refractivity contribution in [1.29, 1.82) is 0 Å². The zero-order valence-corrected chi connectivity index (χ0v) is 14.1. The smallest absolute Gasteiger partial charge is 0.239 e. The summed E-state index contributed by atoms with van der Waals surface area (Å²) in [7, 11) is -3.35. The van der Waals surface area contributed by atoms with E-state index < -0.39 is 16.1 Å². The molecular formula is C15H24N2O4S. The Balaban J connectivity index is 2.05. The number of sulfonamides is 1. The molecule has 1 aromatic heterocycles. The molecule has 1 N–H and O–H groups in total. The SMILES string of the molecule is CCCS(=O)(=O)N1CCCC1C(=O)NC(C)c1ccc(C)o1. The van der Waals surface area contributed by atoms with Gasteiger partial charge in [-0.25, -0.2) is 8.42 Å². The molecule has 1 aliphatic heterocycles. The van der Waals surface area contributed by atoms with Crippen LogP contribution in [0.25, 0.3) is 0 Å². The van der Waals surface area contributed by atoms with Gasteiger partial charge >= 0.3 is 0 Å². The maximum Gasteiger partial charge on any atom is 0.239 e. The van der Waals surface area contributed by atoms with Crippen LogP contribution in [0.4, 0.5) is 0 Å². The summed E-state index contributed by atoms with van der Waals surface area (Å²) in [5.74, 6) is 1.29. The van der Waals surface area contributed by atoms with E-state index in [0.29, 0.717) is 25.1 Å². The van der Waals surface area contributed by atoms with Crippen molar-refractivity contribution in [1.82, 2.24) is 9.62 Å². The second-order valence-corrected chi connectivity index (χ2v) is 7.80. The molecule has 2 atom stereocenters. The number of amides is 1. The summed E-state index contributed by atoms with van der Waals surface area (Å²) in [5.41, 5.74) is 0. The minimum Gasteiger partial charge on any atom is -0.464 e. The molecule has 124 valence electrons. The lowest BCUT2D eigenvalue weighted by atomic mass is 10.2. The van der Waals surface area contributed by atoms with E-state index in [-0.39, 0.29) is 17.7 Å². The van der Waals surface area contributed by atoms with Crippen LogP contribution in [0.3, 0.4) is 0 Å². The second-order valence-electron chi connectivity index (χ2n) is 5.76. The fourth-order valence-corrected chi connectivity index (χ4v) is 4.52. The van der Waals surface area contributed by atoms with E-state index >= 15 is 0 Å². The number of aryl methyl sites for hydroxylation is 1. The van der Waals surface area contributed by atoms with Crippen molar-refractivity contribution < 1.29 is 17.6 Å². The largest absolute Gasteiger partial charge is 0.464 e. The second kappa shape index (κ2) is 6.83. The van der Waals surface area contributed by atoms with E-state index in [1.165, 1.54) is 4.31 Å². The lowest BCUT2D eigenvalue weighted by Gasteiger charge is -2.24. The Morgan fingerprint density at radius 3 is 2.82 bits per heavy atom. The molecule has 1 fully saturated rings. The number of hydrogen-bond acceptors (Lipinski definition) is 4. The lowest BCUT2D eigenvalue weighted by Crippen LogP contribution is -2.47.